The highest BCUT2D eigenvalue weighted by Crippen LogP contribution is 2.25. The van der Waals surface area contributed by atoms with Gasteiger partial charge in [0.2, 0.25) is 0 Å². The van der Waals surface area contributed by atoms with Crippen molar-refractivity contribution < 1.29 is 4.74 Å². The summed E-state index contributed by atoms with van der Waals surface area (Å²) in [5.74, 6) is 1.79. The Kier molecular flexibility index (Phi) is 5.19. The molecule has 1 aromatic carbocycles. The van der Waals surface area contributed by atoms with Crippen LogP contribution in [0.1, 0.15) is 12.1 Å². The van der Waals surface area contributed by atoms with Crippen LogP contribution in [0.3, 0.4) is 0 Å². The monoisotopic (exact) mass is 339 g/mol. The number of hydrogen-bond donors (Lipinski definition) is 0. The molecular formula is C19H25N5O. The summed E-state index contributed by atoms with van der Waals surface area (Å²) in [7, 11) is 6.07. The number of rotatable bonds is 7. The molecule has 0 unspecified atom stereocenters. The lowest BCUT2D eigenvalue weighted by atomic mass is 10.2. The van der Waals surface area contributed by atoms with Crippen LogP contribution < -0.4 is 4.74 Å². The highest BCUT2D eigenvalue weighted by Gasteiger charge is 2.12. The van der Waals surface area contributed by atoms with Crippen LogP contribution in [0, 0.1) is 6.92 Å². The molecule has 3 aromatic rings. The topological polar surface area (TPSA) is 48.1 Å². The summed E-state index contributed by atoms with van der Waals surface area (Å²) in [5.41, 5.74) is 3.07. The molecule has 25 heavy (non-hydrogen) atoms. The first-order valence-electron chi connectivity index (χ1n) is 8.46. The standard InChI is InChI=1S/C19H25N5O/c1-15-18(14-23(4)21-15)24-12-10-20-19(24)16-6-8-17(9-7-16)25-13-5-11-22(2)3/h6-10,12,14H,5,11,13H2,1-4H3. The second kappa shape index (κ2) is 7.53. The SMILES string of the molecule is Cc1nn(C)cc1-n1ccnc1-c1ccc(OCCCN(C)C)cc1. The molecule has 0 N–H and O–H groups in total. The molecule has 2 aromatic heterocycles. The van der Waals surface area contributed by atoms with Crippen LogP contribution in [0.4, 0.5) is 0 Å². The summed E-state index contributed by atoms with van der Waals surface area (Å²) in [5, 5.41) is 4.41. The average Bonchev–Trinajstić information content (AvgIpc) is 3.18. The van der Waals surface area contributed by atoms with Crippen molar-refractivity contribution in [1.82, 2.24) is 24.2 Å². The van der Waals surface area contributed by atoms with Crippen molar-refractivity contribution in [2.24, 2.45) is 7.05 Å². The van der Waals surface area contributed by atoms with Gasteiger partial charge in [0, 0.05) is 37.7 Å². The molecule has 0 fully saturated rings. The third-order valence-electron chi connectivity index (χ3n) is 4.02. The van der Waals surface area contributed by atoms with Gasteiger partial charge in [-0.2, -0.15) is 5.10 Å². The van der Waals surface area contributed by atoms with Gasteiger partial charge in [-0.3, -0.25) is 9.25 Å². The molecule has 0 spiro atoms. The molecule has 0 aliphatic rings. The molecule has 0 amide bonds. The minimum atomic E-state index is 0.723. The van der Waals surface area contributed by atoms with Crippen LogP contribution in [0.25, 0.3) is 17.1 Å². The van der Waals surface area contributed by atoms with E-state index in [1.165, 1.54) is 0 Å². The minimum absolute atomic E-state index is 0.723. The van der Waals surface area contributed by atoms with Crippen LogP contribution in [-0.2, 0) is 7.05 Å². The normalized spacial score (nSPS) is 11.2. The Morgan fingerprint density at radius 3 is 2.56 bits per heavy atom. The maximum absolute atomic E-state index is 5.80. The third kappa shape index (κ3) is 4.09. The minimum Gasteiger partial charge on any atom is -0.494 e. The van der Waals surface area contributed by atoms with Crippen molar-refractivity contribution in [2.75, 3.05) is 27.2 Å². The maximum Gasteiger partial charge on any atom is 0.144 e. The molecule has 0 atom stereocenters. The number of hydrogen-bond acceptors (Lipinski definition) is 4. The molecule has 2 heterocycles. The van der Waals surface area contributed by atoms with Gasteiger partial charge in [0.25, 0.3) is 0 Å². The van der Waals surface area contributed by atoms with Gasteiger partial charge in [-0.25, -0.2) is 4.98 Å². The van der Waals surface area contributed by atoms with Gasteiger partial charge in [0.05, 0.1) is 18.0 Å². The molecule has 132 valence electrons. The predicted octanol–water partition coefficient (Wildman–Crippen LogP) is 2.91. The number of aromatic nitrogens is 4. The van der Waals surface area contributed by atoms with Crippen molar-refractivity contribution in [3.05, 3.63) is 48.5 Å². The second-order valence-corrected chi connectivity index (χ2v) is 6.42. The van der Waals surface area contributed by atoms with Crippen LogP contribution >= 0.6 is 0 Å². The van der Waals surface area contributed by atoms with Crippen LogP contribution in [-0.4, -0.2) is 51.5 Å². The lowest BCUT2D eigenvalue weighted by molar-refractivity contribution is 0.281. The van der Waals surface area contributed by atoms with E-state index in [4.69, 9.17) is 4.74 Å². The van der Waals surface area contributed by atoms with E-state index in [0.717, 1.165) is 48.1 Å². The van der Waals surface area contributed by atoms with Crippen molar-refractivity contribution in [1.29, 1.82) is 0 Å². The fourth-order valence-electron chi connectivity index (χ4n) is 2.81. The Bertz CT molecular complexity index is 817. The summed E-state index contributed by atoms with van der Waals surface area (Å²) >= 11 is 0. The van der Waals surface area contributed by atoms with Crippen molar-refractivity contribution in [3.8, 4) is 22.8 Å². The number of ether oxygens (including phenoxy) is 1. The summed E-state index contributed by atoms with van der Waals surface area (Å²) in [6.45, 7) is 3.75. The van der Waals surface area contributed by atoms with E-state index in [0.29, 0.717) is 0 Å². The molecule has 0 aliphatic carbocycles. The van der Waals surface area contributed by atoms with E-state index in [9.17, 15) is 0 Å². The Hall–Kier alpha value is -2.60. The van der Waals surface area contributed by atoms with Gasteiger partial charge in [-0.15, -0.1) is 0 Å². The molecule has 0 bridgehead atoms. The van der Waals surface area contributed by atoms with E-state index in [1.54, 1.807) is 0 Å². The third-order valence-corrected chi connectivity index (χ3v) is 4.02. The van der Waals surface area contributed by atoms with Crippen LogP contribution in [0.2, 0.25) is 0 Å². The molecule has 0 aliphatic heterocycles. The number of benzene rings is 1. The molecule has 6 heteroatoms. The van der Waals surface area contributed by atoms with Crippen molar-refractivity contribution in [3.63, 3.8) is 0 Å². The second-order valence-electron chi connectivity index (χ2n) is 6.42. The smallest absolute Gasteiger partial charge is 0.144 e. The zero-order valence-corrected chi connectivity index (χ0v) is 15.3. The van der Waals surface area contributed by atoms with Crippen molar-refractivity contribution in [2.45, 2.75) is 13.3 Å². The van der Waals surface area contributed by atoms with Gasteiger partial charge < -0.3 is 9.64 Å². The van der Waals surface area contributed by atoms with E-state index in [2.05, 4.69) is 33.6 Å². The first kappa shape index (κ1) is 17.2. The van der Waals surface area contributed by atoms with E-state index < -0.39 is 0 Å². The first-order valence-corrected chi connectivity index (χ1v) is 8.46. The van der Waals surface area contributed by atoms with Crippen molar-refractivity contribution >= 4 is 0 Å². The largest absolute Gasteiger partial charge is 0.494 e. The number of nitrogens with zero attached hydrogens (tertiary/aromatic N) is 5. The Labute approximate surface area is 148 Å². The predicted molar refractivity (Wildman–Crippen MR) is 99.2 cm³/mol. The number of imidazole rings is 1. The van der Waals surface area contributed by atoms with Gasteiger partial charge >= 0.3 is 0 Å². The maximum atomic E-state index is 5.80. The molecule has 3 rings (SSSR count). The summed E-state index contributed by atoms with van der Waals surface area (Å²) in [6, 6.07) is 8.10. The van der Waals surface area contributed by atoms with E-state index >= 15 is 0 Å². The Morgan fingerprint density at radius 2 is 1.92 bits per heavy atom. The van der Waals surface area contributed by atoms with Crippen LogP contribution in [0.15, 0.2) is 42.9 Å². The van der Waals surface area contributed by atoms with Gasteiger partial charge in [-0.1, -0.05) is 0 Å². The summed E-state index contributed by atoms with van der Waals surface area (Å²) in [6.07, 6.45) is 6.79. The number of aryl methyl sites for hydroxylation is 2. The van der Waals surface area contributed by atoms with E-state index in [1.807, 2.05) is 61.5 Å². The zero-order valence-electron chi connectivity index (χ0n) is 15.3. The average molecular weight is 339 g/mol. The highest BCUT2D eigenvalue weighted by molar-refractivity contribution is 5.60. The highest BCUT2D eigenvalue weighted by atomic mass is 16.5. The molecule has 6 nitrogen and oxygen atoms in total. The Morgan fingerprint density at radius 1 is 1.16 bits per heavy atom. The van der Waals surface area contributed by atoms with Crippen LogP contribution in [0.5, 0.6) is 5.75 Å². The lowest BCUT2D eigenvalue weighted by Crippen LogP contribution is -2.15. The quantitative estimate of drug-likeness (QED) is 0.621. The first-order chi connectivity index (χ1) is 12.0. The molecule has 0 saturated heterocycles. The molecule has 0 saturated carbocycles. The van der Waals surface area contributed by atoms with Gasteiger partial charge in [-0.05, 0) is 51.7 Å². The van der Waals surface area contributed by atoms with Gasteiger partial charge in [0.1, 0.15) is 11.6 Å². The lowest BCUT2D eigenvalue weighted by Gasteiger charge is -2.11. The Balaban J connectivity index is 1.73. The fourth-order valence-corrected chi connectivity index (χ4v) is 2.81. The van der Waals surface area contributed by atoms with E-state index in [-0.39, 0.29) is 0 Å². The summed E-state index contributed by atoms with van der Waals surface area (Å²) in [4.78, 5) is 6.68. The fraction of sp³-hybridized carbons (Fsp3) is 0.368. The van der Waals surface area contributed by atoms with Gasteiger partial charge in [0.15, 0.2) is 0 Å². The molecular weight excluding hydrogens is 314 g/mol. The zero-order chi connectivity index (χ0) is 17.8. The molecule has 0 radical (unpaired) electrons. The summed E-state index contributed by atoms with van der Waals surface area (Å²) < 4.78 is 9.68.